The Labute approximate surface area is 178 Å². The van der Waals surface area contributed by atoms with Gasteiger partial charge in [-0.15, -0.1) is 0 Å². The first-order chi connectivity index (χ1) is 14.7. The Balaban J connectivity index is 1.70. The highest BCUT2D eigenvalue weighted by molar-refractivity contribution is 6.10. The molecule has 31 heavy (non-hydrogen) atoms. The van der Waals surface area contributed by atoms with E-state index in [4.69, 9.17) is 23.7 Å². The van der Waals surface area contributed by atoms with E-state index in [1.54, 1.807) is 12.1 Å². The van der Waals surface area contributed by atoms with Gasteiger partial charge in [-0.2, -0.15) is 0 Å². The fourth-order valence-corrected chi connectivity index (χ4v) is 4.28. The summed E-state index contributed by atoms with van der Waals surface area (Å²) in [4.78, 5) is 13.6. The molecular formula is C23H22O8. The number of Topliss-reactive ketones (excluding diaryl/α,β-unsaturated/α-hetero) is 1. The lowest BCUT2D eigenvalue weighted by atomic mass is 9.76. The number of phenolic OH excluding ortho intramolecular Hbond substituents is 1. The molecule has 2 N–H and O–H groups in total. The van der Waals surface area contributed by atoms with Gasteiger partial charge in [-0.25, -0.2) is 0 Å². The largest absolute Gasteiger partial charge is 0.507 e. The number of aliphatic hydroxyl groups is 1. The maximum absolute atomic E-state index is 13.6. The van der Waals surface area contributed by atoms with Crippen LogP contribution in [0.4, 0.5) is 0 Å². The summed E-state index contributed by atoms with van der Waals surface area (Å²) >= 11 is 0. The van der Waals surface area contributed by atoms with Gasteiger partial charge in [0.25, 0.3) is 0 Å². The van der Waals surface area contributed by atoms with Gasteiger partial charge in [0, 0.05) is 17.7 Å². The third kappa shape index (κ3) is 2.61. The first-order valence-corrected chi connectivity index (χ1v) is 9.81. The van der Waals surface area contributed by atoms with Gasteiger partial charge in [-0.05, 0) is 32.1 Å². The zero-order valence-corrected chi connectivity index (χ0v) is 17.5. The molecule has 0 saturated heterocycles. The van der Waals surface area contributed by atoms with Crippen LogP contribution in [0.25, 0.3) is 6.08 Å². The molecule has 0 saturated carbocycles. The van der Waals surface area contributed by atoms with E-state index in [2.05, 4.69) is 0 Å². The quantitative estimate of drug-likeness (QED) is 0.756. The van der Waals surface area contributed by atoms with Gasteiger partial charge in [0.05, 0.1) is 19.8 Å². The molecule has 0 bridgehead atoms. The van der Waals surface area contributed by atoms with Gasteiger partial charge in [0.1, 0.15) is 40.8 Å². The van der Waals surface area contributed by atoms with E-state index in [0.29, 0.717) is 22.8 Å². The highest BCUT2D eigenvalue weighted by atomic mass is 16.6. The van der Waals surface area contributed by atoms with Crippen molar-refractivity contribution in [2.24, 2.45) is 0 Å². The number of benzene rings is 2. The van der Waals surface area contributed by atoms with E-state index in [-0.39, 0.29) is 35.0 Å². The van der Waals surface area contributed by atoms with Crippen LogP contribution in [0.2, 0.25) is 0 Å². The fraction of sp³-hybridized carbons (Fsp3) is 0.348. The molecule has 0 amide bonds. The van der Waals surface area contributed by atoms with Crippen LogP contribution < -0.4 is 23.7 Å². The van der Waals surface area contributed by atoms with E-state index in [1.807, 2.05) is 19.9 Å². The summed E-state index contributed by atoms with van der Waals surface area (Å²) in [6.07, 6.45) is 2.60. The predicted molar refractivity (Wildman–Crippen MR) is 110 cm³/mol. The molecule has 0 unspecified atom stereocenters. The Bertz CT molecular complexity index is 1150. The van der Waals surface area contributed by atoms with E-state index in [0.717, 1.165) is 0 Å². The topological polar surface area (TPSA) is 104 Å². The third-order valence-corrected chi connectivity index (χ3v) is 5.87. The second-order valence-electron chi connectivity index (χ2n) is 8.27. The van der Waals surface area contributed by atoms with E-state index >= 15 is 0 Å². The maximum atomic E-state index is 13.6. The van der Waals surface area contributed by atoms with Crippen LogP contribution >= 0.6 is 0 Å². The number of aromatic hydroxyl groups is 1. The predicted octanol–water partition coefficient (Wildman–Crippen LogP) is 2.82. The average Bonchev–Trinajstić information content (AvgIpc) is 2.73. The lowest BCUT2D eigenvalue weighted by Gasteiger charge is -2.44. The molecule has 0 aromatic heterocycles. The molecule has 8 nitrogen and oxygen atoms in total. The number of ether oxygens (including phenoxy) is 5. The molecular weight excluding hydrogens is 404 g/mol. The van der Waals surface area contributed by atoms with E-state index in [9.17, 15) is 15.0 Å². The SMILES string of the molecule is COc1cc2c(cc1OC)[C@]1(O)C(=O)c3c(O)cc4c(c3O[C@@H]1CO2)C=CC(C)(C)O4. The van der Waals surface area contributed by atoms with Crippen LogP contribution in [0, 0.1) is 0 Å². The first kappa shape index (κ1) is 19.6. The molecule has 162 valence electrons. The van der Waals surface area contributed by atoms with Crippen molar-refractivity contribution in [3.05, 3.63) is 41.0 Å². The van der Waals surface area contributed by atoms with Crippen molar-refractivity contribution >= 4 is 11.9 Å². The monoisotopic (exact) mass is 426 g/mol. The lowest BCUT2D eigenvalue weighted by Crippen LogP contribution is -2.57. The summed E-state index contributed by atoms with van der Waals surface area (Å²) in [5.74, 6) is 0.540. The fourth-order valence-electron chi connectivity index (χ4n) is 4.28. The lowest BCUT2D eigenvalue weighted by molar-refractivity contribution is -0.0804. The number of fused-ring (bicyclic) bond motifs is 6. The number of rotatable bonds is 2. The zero-order chi connectivity index (χ0) is 22.1. The third-order valence-electron chi connectivity index (χ3n) is 5.87. The summed E-state index contributed by atoms with van der Waals surface area (Å²) in [5.41, 5.74) is -2.05. The van der Waals surface area contributed by atoms with Crippen LogP contribution in [0.15, 0.2) is 24.3 Å². The standard InChI is InChI=1S/C23H22O8/c1-22(2)6-5-11-14(31-22)8-13(24)19-20(11)30-18-10-29-15-9-17(28-4)16(27-3)7-12(15)23(18,26)21(19)25/h5-9,18,24,26H,10H2,1-4H3/t18-,23-/m1/s1. The second-order valence-corrected chi connectivity index (χ2v) is 8.27. The van der Waals surface area contributed by atoms with Crippen LogP contribution in [0.3, 0.4) is 0 Å². The molecule has 8 heteroatoms. The highest BCUT2D eigenvalue weighted by Gasteiger charge is 2.57. The van der Waals surface area contributed by atoms with Crippen LogP contribution in [-0.2, 0) is 5.60 Å². The number of hydrogen-bond acceptors (Lipinski definition) is 8. The number of phenols is 1. The molecule has 3 aliphatic rings. The van der Waals surface area contributed by atoms with Crippen LogP contribution in [-0.4, -0.2) is 48.5 Å². The van der Waals surface area contributed by atoms with Gasteiger partial charge in [-0.3, -0.25) is 4.79 Å². The summed E-state index contributed by atoms with van der Waals surface area (Å²) < 4.78 is 28.4. The van der Waals surface area contributed by atoms with Gasteiger partial charge in [-0.1, -0.05) is 0 Å². The molecule has 0 radical (unpaired) electrons. The van der Waals surface area contributed by atoms with Crippen molar-refractivity contribution in [2.45, 2.75) is 31.2 Å². The molecule has 2 aromatic rings. The summed E-state index contributed by atoms with van der Waals surface area (Å²) in [7, 11) is 2.93. The Morgan fingerprint density at radius 1 is 1.10 bits per heavy atom. The second kappa shape index (κ2) is 6.31. The Hall–Kier alpha value is -3.39. The highest BCUT2D eigenvalue weighted by Crippen LogP contribution is 2.53. The molecule has 3 aliphatic heterocycles. The Kier molecular flexibility index (Phi) is 3.98. The van der Waals surface area contributed by atoms with Crippen molar-refractivity contribution in [3.8, 4) is 34.5 Å². The Morgan fingerprint density at radius 2 is 1.81 bits per heavy atom. The van der Waals surface area contributed by atoms with Gasteiger partial charge >= 0.3 is 0 Å². The van der Waals surface area contributed by atoms with Gasteiger partial charge in [0.2, 0.25) is 5.78 Å². The average molecular weight is 426 g/mol. The summed E-state index contributed by atoms with van der Waals surface area (Å²) in [5, 5.41) is 22.3. The summed E-state index contributed by atoms with van der Waals surface area (Å²) in [6, 6.07) is 4.42. The zero-order valence-electron chi connectivity index (χ0n) is 17.5. The number of carbonyl (C=O) groups is 1. The smallest absolute Gasteiger partial charge is 0.210 e. The molecule has 5 rings (SSSR count). The van der Waals surface area contributed by atoms with Gasteiger partial charge in [0.15, 0.2) is 23.2 Å². The number of hydrogen-bond donors (Lipinski definition) is 2. The molecule has 0 aliphatic carbocycles. The number of carbonyl (C=O) groups excluding carboxylic acids is 1. The van der Waals surface area contributed by atoms with Crippen LogP contribution in [0.5, 0.6) is 34.5 Å². The van der Waals surface area contributed by atoms with Gasteiger partial charge < -0.3 is 33.9 Å². The molecule has 0 fully saturated rings. The minimum absolute atomic E-state index is 0.0787. The minimum atomic E-state index is -2.08. The molecule has 3 heterocycles. The van der Waals surface area contributed by atoms with Crippen molar-refractivity contribution in [1.82, 2.24) is 0 Å². The van der Waals surface area contributed by atoms with Crippen molar-refractivity contribution in [1.29, 1.82) is 0 Å². The molecule has 0 spiro atoms. The molecule has 2 atom stereocenters. The normalized spacial score (nSPS) is 24.4. The summed E-state index contributed by atoms with van der Waals surface area (Å²) in [6.45, 7) is 3.67. The van der Waals surface area contributed by atoms with Crippen molar-refractivity contribution < 1.29 is 38.7 Å². The number of methoxy groups -OCH3 is 2. The van der Waals surface area contributed by atoms with Crippen molar-refractivity contribution in [3.63, 3.8) is 0 Å². The van der Waals surface area contributed by atoms with Crippen molar-refractivity contribution in [2.75, 3.05) is 20.8 Å². The number of ketones is 1. The maximum Gasteiger partial charge on any atom is 0.210 e. The van der Waals surface area contributed by atoms with E-state index in [1.165, 1.54) is 26.4 Å². The van der Waals surface area contributed by atoms with E-state index < -0.39 is 23.1 Å². The first-order valence-electron chi connectivity index (χ1n) is 9.81. The minimum Gasteiger partial charge on any atom is -0.507 e. The molecule has 2 aromatic carbocycles. The van der Waals surface area contributed by atoms with Crippen LogP contribution in [0.1, 0.15) is 35.3 Å². The Morgan fingerprint density at radius 3 is 2.52 bits per heavy atom.